The fraction of sp³-hybridized carbons (Fsp3) is 0.182. The maximum Gasteiger partial charge on any atom is 0.258 e. The number of pyridine rings is 1. The van der Waals surface area contributed by atoms with E-state index in [4.69, 9.17) is 14.2 Å². The topological polar surface area (TPSA) is 69.7 Å². The second-order valence-electron chi connectivity index (χ2n) is 6.50. The maximum atomic E-state index is 12.6. The van der Waals surface area contributed by atoms with Gasteiger partial charge in [-0.15, -0.1) is 0 Å². The van der Waals surface area contributed by atoms with Crippen LogP contribution in [0, 0.1) is 6.92 Å². The van der Waals surface area contributed by atoms with Gasteiger partial charge in [-0.1, -0.05) is 35.9 Å². The van der Waals surface area contributed by atoms with Crippen LogP contribution in [0.2, 0.25) is 0 Å². The minimum absolute atomic E-state index is 0.109. The Kier molecular flexibility index (Phi) is 5.10. The van der Waals surface area contributed by atoms with Crippen LogP contribution in [-0.2, 0) is 4.79 Å². The Hall–Kier alpha value is -3.54. The second-order valence-corrected chi connectivity index (χ2v) is 6.50. The number of aromatic nitrogens is 1. The highest BCUT2D eigenvalue weighted by molar-refractivity contribution is 5.78. The predicted octanol–water partition coefficient (Wildman–Crippen LogP) is 3.40. The Morgan fingerprint density at radius 2 is 1.93 bits per heavy atom. The first-order chi connectivity index (χ1) is 13.7. The minimum Gasteiger partial charge on any atom is -0.484 e. The van der Waals surface area contributed by atoms with Crippen LogP contribution >= 0.6 is 0 Å². The van der Waals surface area contributed by atoms with Crippen LogP contribution in [0.4, 0.5) is 0 Å². The van der Waals surface area contributed by atoms with Gasteiger partial charge in [0.05, 0.1) is 6.04 Å². The van der Waals surface area contributed by atoms with Gasteiger partial charge in [-0.3, -0.25) is 9.78 Å². The molecule has 0 aliphatic carbocycles. The van der Waals surface area contributed by atoms with Gasteiger partial charge in [-0.2, -0.15) is 0 Å². The summed E-state index contributed by atoms with van der Waals surface area (Å²) in [6.45, 7) is 2.12. The fourth-order valence-electron chi connectivity index (χ4n) is 2.98. The lowest BCUT2D eigenvalue weighted by atomic mass is 9.99. The Labute approximate surface area is 163 Å². The zero-order valence-electron chi connectivity index (χ0n) is 15.4. The Morgan fingerprint density at radius 1 is 1.11 bits per heavy atom. The molecule has 1 aliphatic rings. The number of ether oxygens (including phenoxy) is 3. The largest absolute Gasteiger partial charge is 0.484 e. The molecule has 6 nitrogen and oxygen atoms in total. The van der Waals surface area contributed by atoms with Crippen LogP contribution in [0.15, 0.2) is 67.0 Å². The SMILES string of the molecule is Cc1ccc(C(NC(=O)COc2ccc3c(c2)OCO3)c2cccnc2)cc1. The van der Waals surface area contributed by atoms with E-state index in [1.165, 1.54) is 0 Å². The molecule has 142 valence electrons. The van der Waals surface area contributed by atoms with Gasteiger partial charge in [-0.05, 0) is 36.2 Å². The normalized spacial score (nSPS) is 13.0. The van der Waals surface area contributed by atoms with E-state index < -0.39 is 0 Å². The number of rotatable bonds is 6. The standard InChI is InChI=1S/C22H20N2O4/c1-15-4-6-16(7-5-15)22(17-3-2-10-23-12-17)24-21(25)13-26-18-8-9-19-20(11-18)28-14-27-19/h2-12,22H,13-14H2,1H3,(H,24,25). The summed E-state index contributed by atoms with van der Waals surface area (Å²) in [5, 5.41) is 3.03. The number of hydrogen-bond acceptors (Lipinski definition) is 5. The monoisotopic (exact) mass is 376 g/mol. The molecule has 6 heteroatoms. The van der Waals surface area contributed by atoms with Crippen LogP contribution in [0.3, 0.4) is 0 Å². The number of hydrogen-bond donors (Lipinski definition) is 1. The molecule has 0 saturated carbocycles. The predicted molar refractivity (Wildman–Crippen MR) is 103 cm³/mol. The average Bonchev–Trinajstić information content (AvgIpc) is 3.20. The zero-order chi connectivity index (χ0) is 19.3. The molecule has 1 unspecified atom stereocenters. The number of carbonyl (C=O) groups is 1. The first-order valence-electron chi connectivity index (χ1n) is 8.97. The second kappa shape index (κ2) is 8.00. The molecule has 2 aromatic carbocycles. The van der Waals surface area contributed by atoms with Crippen molar-refractivity contribution in [3.63, 3.8) is 0 Å². The van der Waals surface area contributed by atoms with Gasteiger partial charge in [0.15, 0.2) is 18.1 Å². The highest BCUT2D eigenvalue weighted by Gasteiger charge is 2.18. The molecule has 1 atom stereocenters. The van der Waals surface area contributed by atoms with E-state index in [-0.39, 0.29) is 25.3 Å². The third kappa shape index (κ3) is 4.06. The Morgan fingerprint density at radius 3 is 2.71 bits per heavy atom. The van der Waals surface area contributed by atoms with Crippen molar-refractivity contribution >= 4 is 5.91 Å². The molecule has 0 fully saturated rings. The van der Waals surface area contributed by atoms with Crippen molar-refractivity contribution in [2.75, 3.05) is 13.4 Å². The average molecular weight is 376 g/mol. The molecule has 0 radical (unpaired) electrons. The molecule has 0 spiro atoms. The smallest absolute Gasteiger partial charge is 0.258 e. The van der Waals surface area contributed by atoms with E-state index in [1.54, 1.807) is 30.6 Å². The van der Waals surface area contributed by atoms with Crippen molar-refractivity contribution < 1.29 is 19.0 Å². The van der Waals surface area contributed by atoms with Crippen LogP contribution in [0.1, 0.15) is 22.7 Å². The molecular formula is C22H20N2O4. The van der Waals surface area contributed by atoms with Crippen molar-refractivity contribution in [1.29, 1.82) is 0 Å². The van der Waals surface area contributed by atoms with E-state index in [9.17, 15) is 4.79 Å². The Bertz CT molecular complexity index is 958. The first-order valence-corrected chi connectivity index (χ1v) is 8.97. The molecule has 2 heterocycles. The van der Waals surface area contributed by atoms with Crippen LogP contribution in [0.25, 0.3) is 0 Å². The number of fused-ring (bicyclic) bond motifs is 1. The lowest BCUT2D eigenvalue weighted by Gasteiger charge is -2.20. The number of carbonyl (C=O) groups excluding carboxylic acids is 1. The molecule has 0 saturated heterocycles. The molecule has 1 aliphatic heterocycles. The first kappa shape index (κ1) is 17.9. The van der Waals surface area contributed by atoms with E-state index >= 15 is 0 Å². The molecule has 1 aromatic heterocycles. The quantitative estimate of drug-likeness (QED) is 0.714. The molecule has 3 aromatic rings. The van der Waals surface area contributed by atoms with Gasteiger partial charge < -0.3 is 19.5 Å². The Balaban J connectivity index is 1.45. The number of aryl methyl sites for hydroxylation is 1. The van der Waals surface area contributed by atoms with Crippen molar-refractivity contribution in [3.8, 4) is 17.2 Å². The van der Waals surface area contributed by atoms with E-state index in [0.29, 0.717) is 17.2 Å². The van der Waals surface area contributed by atoms with Crippen LogP contribution in [0.5, 0.6) is 17.2 Å². The third-order valence-electron chi connectivity index (χ3n) is 4.45. The number of benzene rings is 2. The lowest BCUT2D eigenvalue weighted by molar-refractivity contribution is -0.123. The van der Waals surface area contributed by atoms with Crippen molar-refractivity contribution in [2.24, 2.45) is 0 Å². The molecule has 1 amide bonds. The summed E-state index contributed by atoms with van der Waals surface area (Å²) in [5.74, 6) is 1.61. The molecular weight excluding hydrogens is 356 g/mol. The van der Waals surface area contributed by atoms with Crippen molar-refractivity contribution in [2.45, 2.75) is 13.0 Å². The van der Waals surface area contributed by atoms with Gasteiger partial charge in [0.2, 0.25) is 6.79 Å². The number of nitrogens with one attached hydrogen (secondary N) is 1. The molecule has 0 bridgehead atoms. The summed E-state index contributed by atoms with van der Waals surface area (Å²) in [6.07, 6.45) is 3.46. The maximum absolute atomic E-state index is 12.6. The van der Waals surface area contributed by atoms with Crippen LogP contribution < -0.4 is 19.5 Å². The highest BCUT2D eigenvalue weighted by Crippen LogP contribution is 2.35. The molecule has 1 N–H and O–H groups in total. The van der Waals surface area contributed by atoms with E-state index in [0.717, 1.165) is 16.7 Å². The van der Waals surface area contributed by atoms with Crippen molar-refractivity contribution in [3.05, 3.63) is 83.7 Å². The van der Waals surface area contributed by atoms with Gasteiger partial charge in [-0.25, -0.2) is 0 Å². The number of nitrogens with zero attached hydrogens (tertiary/aromatic N) is 1. The zero-order valence-corrected chi connectivity index (χ0v) is 15.4. The van der Waals surface area contributed by atoms with E-state index in [2.05, 4.69) is 10.3 Å². The van der Waals surface area contributed by atoms with Crippen molar-refractivity contribution in [1.82, 2.24) is 10.3 Å². The van der Waals surface area contributed by atoms with Gasteiger partial charge in [0, 0.05) is 18.5 Å². The summed E-state index contributed by atoms with van der Waals surface area (Å²) in [6, 6.07) is 16.8. The summed E-state index contributed by atoms with van der Waals surface area (Å²) < 4.78 is 16.2. The molecule has 28 heavy (non-hydrogen) atoms. The minimum atomic E-state index is -0.304. The summed E-state index contributed by atoms with van der Waals surface area (Å²) in [7, 11) is 0. The van der Waals surface area contributed by atoms with Gasteiger partial charge >= 0.3 is 0 Å². The summed E-state index contributed by atoms with van der Waals surface area (Å²) in [4.78, 5) is 16.7. The number of amides is 1. The third-order valence-corrected chi connectivity index (χ3v) is 4.45. The van der Waals surface area contributed by atoms with Gasteiger partial charge in [0.1, 0.15) is 5.75 Å². The van der Waals surface area contributed by atoms with Gasteiger partial charge in [0.25, 0.3) is 5.91 Å². The lowest BCUT2D eigenvalue weighted by Crippen LogP contribution is -2.33. The van der Waals surface area contributed by atoms with Crippen LogP contribution in [-0.4, -0.2) is 24.3 Å². The summed E-state index contributed by atoms with van der Waals surface area (Å²) in [5.41, 5.74) is 3.05. The van der Waals surface area contributed by atoms with E-state index in [1.807, 2.05) is 43.3 Å². The molecule has 4 rings (SSSR count). The fourth-order valence-corrected chi connectivity index (χ4v) is 2.98. The highest BCUT2D eigenvalue weighted by atomic mass is 16.7. The summed E-state index contributed by atoms with van der Waals surface area (Å²) >= 11 is 0.